The molecule has 2 rings (SSSR count). The van der Waals surface area contributed by atoms with Crippen LogP contribution in [0.4, 0.5) is 8.78 Å². The molecule has 0 fully saturated rings. The molecule has 0 aliphatic carbocycles. The number of benzene rings is 2. The Hall–Kier alpha value is -2.23. The van der Waals surface area contributed by atoms with E-state index >= 15 is 0 Å². The van der Waals surface area contributed by atoms with E-state index in [2.05, 4.69) is 19.2 Å². The van der Waals surface area contributed by atoms with E-state index in [9.17, 15) is 13.6 Å². The molecule has 116 valence electrons. The van der Waals surface area contributed by atoms with E-state index in [1.807, 2.05) is 24.3 Å². The van der Waals surface area contributed by atoms with Gasteiger partial charge in [-0.3, -0.25) is 4.79 Å². The Balaban J connectivity index is 2.12. The topological polar surface area (TPSA) is 29.1 Å². The van der Waals surface area contributed by atoms with Gasteiger partial charge in [-0.05, 0) is 36.1 Å². The molecule has 0 heterocycles. The van der Waals surface area contributed by atoms with Crippen molar-refractivity contribution in [3.8, 4) is 0 Å². The van der Waals surface area contributed by atoms with Crippen molar-refractivity contribution >= 4 is 5.91 Å². The Morgan fingerprint density at radius 3 is 2.14 bits per heavy atom. The van der Waals surface area contributed by atoms with Gasteiger partial charge >= 0.3 is 0 Å². The van der Waals surface area contributed by atoms with Crippen LogP contribution >= 0.6 is 0 Å². The van der Waals surface area contributed by atoms with Gasteiger partial charge in [-0.15, -0.1) is 0 Å². The minimum Gasteiger partial charge on any atom is -0.345 e. The Bertz CT molecular complexity index is 665. The van der Waals surface area contributed by atoms with Crippen molar-refractivity contribution < 1.29 is 13.6 Å². The van der Waals surface area contributed by atoms with Gasteiger partial charge in [-0.1, -0.05) is 44.2 Å². The molecule has 1 atom stereocenters. The maximum Gasteiger partial charge on any atom is 0.254 e. The van der Waals surface area contributed by atoms with E-state index in [-0.39, 0.29) is 11.6 Å². The van der Waals surface area contributed by atoms with E-state index < -0.39 is 17.5 Å². The Morgan fingerprint density at radius 2 is 1.55 bits per heavy atom. The quantitative estimate of drug-likeness (QED) is 0.880. The summed E-state index contributed by atoms with van der Waals surface area (Å²) in [6.07, 6.45) is 0. The molecule has 2 aromatic rings. The lowest BCUT2D eigenvalue weighted by atomic mass is 9.99. The van der Waals surface area contributed by atoms with Crippen LogP contribution < -0.4 is 5.32 Å². The smallest absolute Gasteiger partial charge is 0.254 e. The van der Waals surface area contributed by atoms with Crippen molar-refractivity contribution in [3.63, 3.8) is 0 Å². The van der Waals surface area contributed by atoms with Crippen molar-refractivity contribution in [2.75, 3.05) is 0 Å². The molecular weight excluding hydrogens is 284 g/mol. The van der Waals surface area contributed by atoms with Crippen LogP contribution in [0.2, 0.25) is 0 Å². The van der Waals surface area contributed by atoms with Gasteiger partial charge in [0.15, 0.2) is 11.6 Å². The Morgan fingerprint density at radius 1 is 0.955 bits per heavy atom. The molecule has 1 amide bonds. The molecule has 0 aliphatic heterocycles. The second-order valence-electron chi connectivity index (χ2n) is 5.62. The first kappa shape index (κ1) is 16.1. The Labute approximate surface area is 129 Å². The molecule has 0 saturated carbocycles. The molecule has 2 aromatic carbocycles. The minimum atomic E-state index is -1.12. The lowest BCUT2D eigenvalue weighted by Gasteiger charge is -2.16. The van der Waals surface area contributed by atoms with Crippen LogP contribution in [0, 0.1) is 11.6 Å². The summed E-state index contributed by atoms with van der Waals surface area (Å²) in [5.74, 6) is -2.35. The summed E-state index contributed by atoms with van der Waals surface area (Å²) < 4.78 is 26.8. The molecule has 22 heavy (non-hydrogen) atoms. The molecule has 1 unspecified atom stereocenters. The van der Waals surface area contributed by atoms with Crippen molar-refractivity contribution in [1.82, 2.24) is 5.32 Å². The van der Waals surface area contributed by atoms with Gasteiger partial charge in [0.25, 0.3) is 5.91 Å². The number of carbonyl (C=O) groups excluding carboxylic acids is 1. The predicted molar refractivity (Wildman–Crippen MR) is 82.8 cm³/mol. The van der Waals surface area contributed by atoms with Gasteiger partial charge < -0.3 is 5.32 Å². The third kappa shape index (κ3) is 3.50. The summed E-state index contributed by atoms with van der Waals surface area (Å²) in [5.41, 5.74) is 1.83. The summed E-state index contributed by atoms with van der Waals surface area (Å²) in [6.45, 7) is 6.01. The lowest BCUT2D eigenvalue weighted by molar-refractivity contribution is 0.0934. The van der Waals surface area contributed by atoms with Crippen LogP contribution in [0.3, 0.4) is 0 Å². The zero-order valence-corrected chi connectivity index (χ0v) is 12.9. The number of halogens is 2. The highest BCUT2D eigenvalue weighted by atomic mass is 19.2. The minimum absolute atomic E-state index is 0.286. The van der Waals surface area contributed by atoms with E-state index in [0.29, 0.717) is 5.92 Å². The highest BCUT2D eigenvalue weighted by molar-refractivity contribution is 5.94. The molecule has 0 spiro atoms. The molecular formula is C18H19F2NO. The third-order valence-corrected chi connectivity index (χ3v) is 3.65. The number of hydrogen-bond donors (Lipinski definition) is 1. The highest BCUT2D eigenvalue weighted by Crippen LogP contribution is 2.19. The molecule has 0 aromatic heterocycles. The number of rotatable bonds is 4. The average Bonchev–Trinajstić information content (AvgIpc) is 2.50. The first-order valence-electron chi connectivity index (χ1n) is 7.25. The zero-order chi connectivity index (χ0) is 16.3. The first-order chi connectivity index (χ1) is 10.4. The molecule has 1 N–H and O–H groups in total. The van der Waals surface area contributed by atoms with E-state index in [4.69, 9.17) is 0 Å². The third-order valence-electron chi connectivity index (χ3n) is 3.65. The average molecular weight is 303 g/mol. The molecule has 0 radical (unpaired) electrons. The number of nitrogens with one attached hydrogen (secondary N) is 1. The van der Waals surface area contributed by atoms with Crippen molar-refractivity contribution in [2.45, 2.75) is 32.7 Å². The van der Waals surface area contributed by atoms with E-state index in [1.165, 1.54) is 17.7 Å². The molecule has 0 aliphatic rings. The lowest BCUT2D eigenvalue weighted by Crippen LogP contribution is -2.27. The van der Waals surface area contributed by atoms with Crippen molar-refractivity contribution in [3.05, 3.63) is 70.8 Å². The standard InChI is InChI=1S/C18H19F2NO/c1-11(2)13-7-9-14(10-8-13)12(3)21-18(22)15-5-4-6-16(19)17(15)20/h4-12H,1-3H3,(H,21,22). The second-order valence-corrected chi connectivity index (χ2v) is 5.62. The van der Waals surface area contributed by atoms with Gasteiger partial charge in [0.1, 0.15) is 0 Å². The molecule has 0 bridgehead atoms. The van der Waals surface area contributed by atoms with Crippen LogP contribution in [0.25, 0.3) is 0 Å². The maximum atomic E-state index is 13.6. The predicted octanol–water partition coefficient (Wildman–Crippen LogP) is 4.58. The van der Waals surface area contributed by atoms with Crippen molar-refractivity contribution in [1.29, 1.82) is 0 Å². The fraction of sp³-hybridized carbons (Fsp3) is 0.278. The summed E-state index contributed by atoms with van der Waals surface area (Å²) >= 11 is 0. The Kier molecular flexibility index (Phi) is 4.91. The number of hydrogen-bond acceptors (Lipinski definition) is 1. The van der Waals surface area contributed by atoms with Gasteiger partial charge in [0.2, 0.25) is 0 Å². The summed E-state index contributed by atoms with van der Waals surface area (Å²) in [5, 5.41) is 2.68. The van der Waals surface area contributed by atoms with Crippen LogP contribution in [-0.2, 0) is 0 Å². The largest absolute Gasteiger partial charge is 0.345 e. The SMILES string of the molecule is CC(C)c1ccc(C(C)NC(=O)c2cccc(F)c2F)cc1. The van der Waals surface area contributed by atoms with Crippen LogP contribution in [0.15, 0.2) is 42.5 Å². The van der Waals surface area contributed by atoms with Crippen molar-refractivity contribution in [2.24, 2.45) is 0 Å². The normalized spacial score (nSPS) is 12.3. The highest BCUT2D eigenvalue weighted by Gasteiger charge is 2.17. The first-order valence-corrected chi connectivity index (χ1v) is 7.25. The fourth-order valence-electron chi connectivity index (χ4n) is 2.21. The molecule has 2 nitrogen and oxygen atoms in total. The zero-order valence-electron chi connectivity index (χ0n) is 12.9. The van der Waals surface area contributed by atoms with Crippen LogP contribution in [0.1, 0.15) is 54.2 Å². The fourth-order valence-corrected chi connectivity index (χ4v) is 2.21. The number of carbonyl (C=O) groups is 1. The van der Waals surface area contributed by atoms with E-state index in [1.54, 1.807) is 6.92 Å². The molecule has 0 saturated heterocycles. The van der Waals surface area contributed by atoms with Gasteiger partial charge in [0, 0.05) is 0 Å². The monoisotopic (exact) mass is 303 g/mol. The number of amides is 1. The maximum absolute atomic E-state index is 13.6. The molecule has 4 heteroatoms. The summed E-state index contributed by atoms with van der Waals surface area (Å²) in [4.78, 5) is 12.1. The van der Waals surface area contributed by atoms with Crippen LogP contribution in [-0.4, -0.2) is 5.91 Å². The summed E-state index contributed by atoms with van der Waals surface area (Å²) in [6, 6.07) is 11.1. The van der Waals surface area contributed by atoms with Crippen LogP contribution in [0.5, 0.6) is 0 Å². The summed E-state index contributed by atoms with van der Waals surface area (Å²) in [7, 11) is 0. The second kappa shape index (κ2) is 6.69. The van der Waals surface area contributed by atoms with E-state index in [0.717, 1.165) is 11.6 Å². The van der Waals surface area contributed by atoms with Gasteiger partial charge in [-0.2, -0.15) is 0 Å². The van der Waals surface area contributed by atoms with Gasteiger partial charge in [0.05, 0.1) is 11.6 Å². The van der Waals surface area contributed by atoms with Gasteiger partial charge in [-0.25, -0.2) is 8.78 Å².